The molecule has 1 N–H and O–H groups in total. The van der Waals surface area contributed by atoms with Crippen molar-refractivity contribution in [2.45, 2.75) is 31.1 Å². The zero-order valence-electron chi connectivity index (χ0n) is 14.9. The van der Waals surface area contributed by atoms with E-state index in [1.54, 1.807) is 17.0 Å². The highest BCUT2D eigenvalue weighted by atomic mass is 32.2. The summed E-state index contributed by atoms with van der Waals surface area (Å²) in [5.41, 5.74) is 1.03. The van der Waals surface area contributed by atoms with Gasteiger partial charge in [0.2, 0.25) is 15.9 Å². The molecule has 1 aliphatic heterocycles. The van der Waals surface area contributed by atoms with Gasteiger partial charge in [0.15, 0.2) is 0 Å². The number of nitrogens with one attached hydrogen (secondary N) is 1. The number of rotatable bonds is 4. The van der Waals surface area contributed by atoms with Crippen molar-refractivity contribution in [1.29, 1.82) is 0 Å². The quantitative estimate of drug-likeness (QED) is 0.878. The summed E-state index contributed by atoms with van der Waals surface area (Å²) in [5.74, 6) is -0.182. The van der Waals surface area contributed by atoms with Gasteiger partial charge in [0.25, 0.3) is 0 Å². The summed E-state index contributed by atoms with van der Waals surface area (Å²) in [6.45, 7) is 8.91. The average Bonchev–Trinajstić information content (AvgIpc) is 2.53. The minimum Gasteiger partial charge on any atom is -0.339 e. The van der Waals surface area contributed by atoms with Crippen molar-refractivity contribution in [3.8, 4) is 0 Å². The Balaban J connectivity index is 1.97. The van der Waals surface area contributed by atoms with Crippen LogP contribution >= 0.6 is 0 Å². The molecule has 0 bridgehead atoms. The zero-order chi connectivity index (χ0) is 18.0. The van der Waals surface area contributed by atoms with Crippen molar-refractivity contribution >= 4 is 15.9 Å². The summed E-state index contributed by atoms with van der Waals surface area (Å²) >= 11 is 0. The number of carbonyl (C=O) groups excluding carboxylic acids is 1. The number of hydrogen-bond acceptors (Lipinski definition) is 4. The third kappa shape index (κ3) is 4.78. The number of nitrogens with zero attached hydrogens (tertiary/aromatic N) is 2. The lowest BCUT2D eigenvalue weighted by atomic mass is 9.87. The van der Waals surface area contributed by atoms with Crippen molar-refractivity contribution in [2.75, 3.05) is 39.8 Å². The molecule has 1 saturated heterocycles. The Labute approximate surface area is 144 Å². The van der Waals surface area contributed by atoms with E-state index in [4.69, 9.17) is 0 Å². The van der Waals surface area contributed by atoms with E-state index in [2.05, 4.69) is 30.4 Å². The van der Waals surface area contributed by atoms with Crippen LogP contribution in [-0.2, 0) is 20.2 Å². The molecule has 1 fully saturated rings. The van der Waals surface area contributed by atoms with Crippen LogP contribution in [0, 0.1) is 0 Å². The molecule has 0 saturated carbocycles. The Bertz CT molecular complexity index is 670. The van der Waals surface area contributed by atoms with E-state index in [0.717, 1.165) is 18.7 Å². The average molecular weight is 353 g/mol. The van der Waals surface area contributed by atoms with E-state index >= 15 is 0 Å². The Morgan fingerprint density at radius 2 is 1.62 bits per heavy atom. The third-order valence-electron chi connectivity index (χ3n) is 4.30. The number of benzene rings is 1. The third-order valence-corrected chi connectivity index (χ3v) is 5.72. The van der Waals surface area contributed by atoms with Crippen LogP contribution in [0.2, 0.25) is 0 Å². The normalized spacial score (nSPS) is 17.1. The predicted octanol–water partition coefficient (Wildman–Crippen LogP) is 1.04. The molecule has 2 rings (SSSR count). The minimum absolute atomic E-state index is 0.0346. The van der Waals surface area contributed by atoms with Crippen LogP contribution in [0.5, 0.6) is 0 Å². The molecule has 134 valence electrons. The summed E-state index contributed by atoms with van der Waals surface area (Å²) in [4.78, 5) is 16.2. The smallest absolute Gasteiger partial charge is 0.241 e. The fourth-order valence-corrected chi connectivity index (χ4v) is 3.52. The van der Waals surface area contributed by atoms with E-state index in [1.807, 2.05) is 19.2 Å². The first kappa shape index (κ1) is 18.9. The van der Waals surface area contributed by atoms with E-state index in [1.165, 1.54) is 0 Å². The summed E-state index contributed by atoms with van der Waals surface area (Å²) in [5, 5.41) is 0. The molecule has 0 aliphatic carbocycles. The Morgan fingerprint density at radius 3 is 2.12 bits per heavy atom. The standard InChI is InChI=1S/C17H27N3O3S/c1-17(2,3)14-5-7-15(8-6-14)24(22,23)18-13-16(21)20-11-9-19(4)10-12-20/h5-8,18H,9-13H2,1-4H3. The van der Waals surface area contributed by atoms with Gasteiger partial charge in [0.05, 0.1) is 11.4 Å². The van der Waals surface area contributed by atoms with Crippen LogP contribution in [0.15, 0.2) is 29.2 Å². The molecule has 0 atom stereocenters. The minimum atomic E-state index is -3.67. The molecule has 1 aromatic rings. The lowest BCUT2D eigenvalue weighted by Gasteiger charge is -2.32. The molecule has 1 aromatic carbocycles. The lowest BCUT2D eigenvalue weighted by Crippen LogP contribution is -2.50. The summed E-state index contributed by atoms with van der Waals surface area (Å²) in [6, 6.07) is 6.81. The fraction of sp³-hybridized carbons (Fsp3) is 0.588. The molecular formula is C17H27N3O3S. The predicted molar refractivity (Wildman–Crippen MR) is 94.4 cm³/mol. The van der Waals surface area contributed by atoms with Gasteiger partial charge in [-0.3, -0.25) is 4.79 Å². The maximum atomic E-state index is 12.3. The second-order valence-electron chi connectivity index (χ2n) is 7.28. The zero-order valence-corrected chi connectivity index (χ0v) is 15.7. The first-order chi connectivity index (χ1) is 11.1. The Kier molecular flexibility index (Phi) is 5.67. The Morgan fingerprint density at radius 1 is 1.08 bits per heavy atom. The maximum Gasteiger partial charge on any atom is 0.241 e. The van der Waals surface area contributed by atoms with Gasteiger partial charge < -0.3 is 9.80 Å². The second-order valence-corrected chi connectivity index (χ2v) is 9.05. The molecule has 0 radical (unpaired) electrons. The van der Waals surface area contributed by atoms with Gasteiger partial charge >= 0.3 is 0 Å². The number of carbonyl (C=O) groups is 1. The molecule has 1 heterocycles. The number of sulfonamides is 1. The second kappa shape index (κ2) is 7.21. The van der Waals surface area contributed by atoms with Crippen molar-refractivity contribution in [2.24, 2.45) is 0 Å². The first-order valence-corrected chi connectivity index (χ1v) is 9.64. The van der Waals surface area contributed by atoms with Gasteiger partial charge in [-0.1, -0.05) is 32.9 Å². The molecule has 1 amide bonds. The number of likely N-dealkylation sites (N-methyl/N-ethyl adjacent to an activating group) is 1. The largest absolute Gasteiger partial charge is 0.339 e. The molecule has 0 aromatic heterocycles. The summed E-state index contributed by atoms with van der Waals surface area (Å²) < 4.78 is 27.1. The van der Waals surface area contributed by atoms with Gasteiger partial charge in [0.1, 0.15) is 0 Å². The van der Waals surface area contributed by atoms with Gasteiger partial charge in [-0.25, -0.2) is 13.1 Å². The highest BCUT2D eigenvalue weighted by molar-refractivity contribution is 7.89. The molecule has 1 aliphatic rings. The maximum absolute atomic E-state index is 12.3. The topological polar surface area (TPSA) is 69.7 Å². The van der Waals surface area contributed by atoms with Crippen molar-refractivity contribution < 1.29 is 13.2 Å². The van der Waals surface area contributed by atoms with Crippen molar-refractivity contribution in [1.82, 2.24) is 14.5 Å². The van der Waals surface area contributed by atoms with Crippen molar-refractivity contribution in [3.05, 3.63) is 29.8 Å². The van der Waals surface area contributed by atoms with E-state index in [0.29, 0.717) is 13.1 Å². The van der Waals surface area contributed by atoms with Crippen LogP contribution < -0.4 is 4.72 Å². The van der Waals surface area contributed by atoms with Crippen LogP contribution in [0.25, 0.3) is 0 Å². The fourth-order valence-electron chi connectivity index (χ4n) is 2.54. The van der Waals surface area contributed by atoms with Gasteiger partial charge in [0, 0.05) is 26.2 Å². The lowest BCUT2D eigenvalue weighted by molar-refractivity contribution is -0.131. The van der Waals surface area contributed by atoms with E-state index < -0.39 is 10.0 Å². The van der Waals surface area contributed by atoms with Gasteiger partial charge in [-0.05, 0) is 30.2 Å². The first-order valence-electron chi connectivity index (χ1n) is 8.16. The monoisotopic (exact) mass is 353 g/mol. The van der Waals surface area contributed by atoms with E-state index in [-0.39, 0.29) is 22.8 Å². The van der Waals surface area contributed by atoms with Crippen LogP contribution in [0.1, 0.15) is 26.3 Å². The van der Waals surface area contributed by atoms with Crippen molar-refractivity contribution in [3.63, 3.8) is 0 Å². The van der Waals surface area contributed by atoms with Crippen LogP contribution in [0.3, 0.4) is 0 Å². The molecule has 6 nitrogen and oxygen atoms in total. The number of amides is 1. The Hall–Kier alpha value is -1.44. The van der Waals surface area contributed by atoms with Crippen LogP contribution in [0.4, 0.5) is 0 Å². The molecule has 24 heavy (non-hydrogen) atoms. The van der Waals surface area contributed by atoms with Gasteiger partial charge in [-0.2, -0.15) is 0 Å². The number of piperazine rings is 1. The SMILES string of the molecule is CN1CCN(C(=O)CNS(=O)(=O)c2ccc(C(C)(C)C)cc2)CC1. The van der Waals surface area contributed by atoms with Gasteiger partial charge in [-0.15, -0.1) is 0 Å². The summed E-state index contributed by atoms with van der Waals surface area (Å²) in [6.07, 6.45) is 0. The molecule has 0 unspecified atom stereocenters. The molecular weight excluding hydrogens is 326 g/mol. The molecule has 7 heteroatoms. The molecule has 0 spiro atoms. The van der Waals surface area contributed by atoms with E-state index in [9.17, 15) is 13.2 Å². The highest BCUT2D eigenvalue weighted by Crippen LogP contribution is 2.23. The van der Waals surface area contributed by atoms with Crippen LogP contribution in [-0.4, -0.2) is 63.9 Å². The summed E-state index contributed by atoms with van der Waals surface area (Å²) in [7, 11) is -1.67. The number of hydrogen-bond donors (Lipinski definition) is 1. The highest BCUT2D eigenvalue weighted by Gasteiger charge is 2.22.